The Bertz CT molecular complexity index is 879. The first-order valence-electron chi connectivity index (χ1n) is 9.90. The molecule has 29 heavy (non-hydrogen) atoms. The topological polar surface area (TPSA) is 67.9 Å². The maximum absolute atomic E-state index is 12.7. The van der Waals surface area contributed by atoms with E-state index in [0.29, 0.717) is 29.6 Å². The quantitative estimate of drug-likeness (QED) is 0.761. The predicted octanol–water partition coefficient (Wildman–Crippen LogP) is 4.21. The lowest BCUT2D eigenvalue weighted by Crippen LogP contribution is -2.28. The summed E-state index contributed by atoms with van der Waals surface area (Å²) in [6, 6.07) is 13.2. The third-order valence-electron chi connectivity index (χ3n) is 5.53. The highest BCUT2D eigenvalue weighted by molar-refractivity contribution is 6.04. The molecule has 1 fully saturated rings. The lowest BCUT2D eigenvalue weighted by atomic mass is 9.98. The van der Waals surface area contributed by atoms with E-state index in [4.69, 9.17) is 9.47 Å². The number of nitrogens with zero attached hydrogens (tertiary/aromatic N) is 1. The van der Waals surface area contributed by atoms with Crippen LogP contribution in [0.5, 0.6) is 11.5 Å². The molecule has 2 aromatic carbocycles. The average Bonchev–Trinajstić information content (AvgIpc) is 3.14. The van der Waals surface area contributed by atoms with Gasteiger partial charge in [0, 0.05) is 24.7 Å². The van der Waals surface area contributed by atoms with E-state index in [-0.39, 0.29) is 18.2 Å². The first kappa shape index (κ1) is 20.7. The van der Waals surface area contributed by atoms with E-state index in [0.717, 1.165) is 12.1 Å². The Morgan fingerprint density at radius 1 is 1.17 bits per heavy atom. The molecular weight excluding hydrogens is 368 g/mol. The molecule has 0 bridgehead atoms. The fraction of sp³-hybridized carbons (Fsp3) is 0.391. The van der Waals surface area contributed by atoms with Gasteiger partial charge in [-0.25, -0.2) is 0 Å². The Labute approximate surface area is 171 Å². The molecule has 0 saturated carbocycles. The number of methoxy groups -OCH3 is 2. The first-order chi connectivity index (χ1) is 14.0. The highest BCUT2D eigenvalue weighted by Gasteiger charge is 2.36. The summed E-state index contributed by atoms with van der Waals surface area (Å²) in [5, 5.41) is 2.94. The minimum absolute atomic E-state index is 0.108. The monoisotopic (exact) mass is 396 g/mol. The van der Waals surface area contributed by atoms with Gasteiger partial charge in [0.15, 0.2) is 0 Å². The van der Waals surface area contributed by atoms with Gasteiger partial charge in [-0.15, -0.1) is 0 Å². The summed E-state index contributed by atoms with van der Waals surface area (Å²) in [5.41, 5.74) is 2.61. The van der Waals surface area contributed by atoms with Crippen LogP contribution in [-0.2, 0) is 9.59 Å². The molecule has 3 rings (SSSR count). The molecule has 1 aliphatic rings. The lowest BCUT2D eigenvalue weighted by molar-refractivity contribution is -0.122. The number of carbonyl (C=O) groups is 2. The van der Waals surface area contributed by atoms with Gasteiger partial charge in [-0.3, -0.25) is 9.59 Å². The van der Waals surface area contributed by atoms with Crippen molar-refractivity contribution in [2.45, 2.75) is 32.6 Å². The molecule has 0 radical (unpaired) electrons. The number of benzene rings is 2. The van der Waals surface area contributed by atoms with Crippen LogP contribution in [0.3, 0.4) is 0 Å². The molecule has 2 amide bonds. The molecule has 1 N–H and O–H groups in total. The second-order valence-corrected chi connectivity index (χ2v) is 7.36. The zero-order valence-corrected chi connectivity index (χ0v) is 17.4. The van der Waals surface area contributed by atoms with Gasteiger partial charge in [-0.05, 0) is 42.2 Å². The third kappa shape index (κ3) is 4.53. The molecular formula is C23H28N2O4. The number of amides is 2. The van der Waals surface area contributed by atoms with E-state index in [9.17, 15) is 9.59 Å². The van der Waals surface area contributed by atoms with Gasteiger partial charge < -0.3 is 19.7 Å². The van der Waals surface area contributed by atoms with Crippen LogP contribution in [0.2, 0.25) is 0 Å². The highest BCUT2D eigenvalue weighted by atomic mass is 16.5. The molecule has 0 aliphatic carbocycles. The van der Waals surface area contributed by atoms with Gasteiger partial charge in [0.05, 0.1) is 25.8 Å². The standard InChI is InChI=1S/C23H28N2O4/c1-5-15(2)16-6-8-18(9-7-16)24-23(27)17-12-22(26)25(14-17)20-13-19(28-3)10-11-21(20)29-4/h6-11,13,15,17H,5,12,14H2,1-4H3,(H,24,27)/t15-,17+/m1/s1. The van der Waals surface area contributed by atoms with Crippen LogP contribution in [-0.4, -0.2) is 32.6 Å². The van der Waals surface area contributed by atoms with E-state index in [1.54, 1.807) is 37.3 Å². The van der Waals surface area contributed by atoms with Crippen molar-refractivity contribution in [2.24, 2.45) is 5.92 Å². The van der Waals surface area contributed by atoms with E-state index in [2.05, 4.69) is 19.2 Å². The van der Waals surface area contributed by atoms with Gasteiger partial charge in [0.2, 0.25) is 11.8 Å². The van der Waals surface area contributed by atoms with Gasteiger partial charge >= 0.3 is 0 Å². The molecule has 0 aromatic heterocycles. The molecule has 6 nitrogen and oxygen atoms in total. The summed E-state index contributed by atoms with van der Waals surface area (Å²) >= 11 is 0. The summed E-state index contributed by atoms with van der Waals surface area (Å²) < 4.78 is 10.7. The van der Waals surface area contributed by atoms with Gasteiger partial charge in [-0.2, -0.15) is 0 Å². The number of carbonyl (C=O) groups excluding carboxylic acids is 2. The number of nitrogens with one attached hydrogen (secondary N) is 1. The first-order valence-corrected chi connectivity index (χ1v) is 9.90. The fourth-order valence-corrected chi connectivity index (χ4v) is 3.50. The molecule has 0 unspecified atom stereocenters. The predicted molar refractivity (Wildman–Crippen MR) is 114 cm³/mol. The van der Waals surface area contributed by atoms with E-state index < -0.39 is 5.92 Å². The molecule has 1 saturated heterocycles. The van der Waals surface area contributed by atoms with Crippen molar-refractivity contribution in [3.63, 3.8) is 0 Å². The number of hydrogen-bond acceptors (Lipinski definition) is 4. The number of anilines is 2. The third-order valence-corrected chi connectivity index (χ3v) is 5.53. The SMILES string of the molecule is CC[C@@H](C)c1ccc(NC(=O)[C@H]2CC(=O)N(c3cc(OC)ccc3OC)C2)cc1. The Hall–Kier alpha value is -3.02. The van der Waals surface area contributed by atoms with Crippen molar-refractivity contribution < 1.29 is 19.1 Å². The van der Waals surface area contributed by atoms with Crippen molar-refractivity contribution in [2.75, 3.05) is 31.0 Å². The zero-order valence-electron chi connectivity index (χ0n) is 17.4. The summed E-state index contributed by atoms with van der Waals surface area (Å²) in [5.74, 6) is 0.998. The molecule has 154 valence electrons. The van der Waals surface area contributed by atoms with Crippen molar-refractivity contribution in [1.82, 2.24) is 0 Å². The van der Waals surface area contributed by atoms with Gasteiger partial charge in [-0.1, -0.05) is 26.0 Å². The molecule has 1 heterocycles. The zero-order chi connectivity index (χ0) is 21.0. The van der Waals surface area contributed by atoms with Gasteiger partial charge in [0.25, 0.3) is 0 Å². The van der Waals surface area contributed by atoms with E-state index in [1.165, 1.54) is 5.56 Å². The Morgan fingerprint density at radius 2 is 1.90 bits per heavy atom. The molecule has 1 aliphatic heterocycles. The largest absolute Gasteiger partial charge is 0.497 e. The van der Waals surface area contributed by atoms with Crippen molar-refractivity contribution in [3.8, 4) is 11.5 Å². The van der Waals surface area contributed by atoms with Crippen LogP contribution in [0.25, 0.3) is 0 Å². The average molecular weight is 396 g/mol. The number of rotatable bonds is 7. The van der Waals surface area contributed by atoms with Crippen LogP contribution in [0.1, 0.15) is 38.2 Å². The Kier molecular flexibility index (Phi) is 6.42. The van der Waals surface area contributed by atoms with Gasteiger partial charge in [0.1, 0.15) is 11.5 Å². The number of ether oxygens (including phenoxy) is 2. The van der Waals surface area contributed by atoms with Crippen LogP contribution < -0.4 is 19.7 Å². The highest BCUT2D eigenvalue weighted by Crippen LogP contribution is 2.36. The maximum atomic E-state index is 12.7. The second kappa shape index (κ2) is 8.99. The minimum Gasteiger partial charge on any atom is -0.497 e. The molecule has 0 spiro atoms. The second-order valence-electron chi connectivity index (χ2n) is 7.36. The van der Waals surface area contributed by atoms with E-state index >= 15 is 0 Å². The Balaban J connectivity index is 1.71. The van der Waals surface area contributed by atoms with Crippen LogP contribution in [0.4, 0.5) is 11.4 Å². The normalized spacial score (nSPS) is 17.2. The maximum Gasteiger partial charge on any atom is 0.229 e. The molecule has 6 heteroatoms. The van der Waals surface area contributed by atoms with Crippen LogP contribution in [0, 0.1) is 5.92 Å². The van der Waals surface area contributed by atoms with Crippen LogP contribution in [0.15, 0.2) is 42.5 Å². The summed E-state index contributed by atoms with van der Waals surface area (Å²) in [7, 11) is 3.12. The summed E-state index contributed by atoms with van der Waals surface area (Å²) in [6.07, 6.45) is 1.23. The van der Waals surface area contributed by atoms with Crippen molar-refractivity contribution >= 4 is 23.2 Å². The van der Waals surface area contributed by atoms with Crippen molar-refractivity contribution in [1.29, 1.82) is 0 Å². The van der Waals surface area contributed by atoms with E-state index in [1.807, 2.05) is 24.3 Å². The summed E-state index contributed by atoms with van der Waals surface area (Å²) in [6.45, 7) is 4.64. The lowest BCUT2D eigenvalue weighted by Gasteiger charge is -2.20. The Morgan fingerprint density at radius 3 is 2.52 bits per heavy atom. The fourth-order valence-electron chi connectivity index (χ4n) is 3.50. The summed E-state index contributed by atoms with van der Waals surface area (Å²) in [4.78, 5) is 27.0. The van der Waals surface area contributed by atoms with Crippen LogP contribution >= 0.6 is 0 Å². The minimum atomic E-state index is -0.423. The smallest absolute Gasteiger partial charge is 0.229 e. The molecule has 2 atom stereocenters. The molecule has 2 aromatic rings. The number of hydrogen-bond donors (Lipinski definition) is 1. The van der Waals surface area contributed by atoms with Crippen molar-refractivity contribution in [3.05, 3.63) is 48.0 Å².